The summed E-state index contributed by atoms with van der Waals surface area (Å²) in [5.41, 5.74) is 0.227. The molecule has 1 N–H and O–H groups in total. The molecule has 0 spiro atoms. The maximum atomic E-state index is 14.8. The minimum absolute atomic E-state index is 0.0630. The summed E-state index contributed by atoms with van der Waals surface area (Å²) in [6, 6.07) is 11.7. The molecule has 3 aromatic rings. The highest BCUT2D eigenvalue weighted by atomic mass is 32.2. The van der Waals surface area contributed by atoms with Crippen molar-refractivity contribution >= 4 is 11.8 Å². The van der Waals surface area contributed by atoms with E-state index in [-0.39, 0.29) is 12.4 Å². The Morgan fingerprint density at radius 2 is 1.50 bits per heavy atom. The van der Waals surface area contributed by atoms with Crippen LogP contribution < -0.4 is 4.74 Å². The molecule has 0 bridgehead atoms. The Hall–Kier alpha value is -2.78. The highest BCUT2D eigenvalue weighted by Crippen LogP contribution is 2.48. The second-order valence-corrected chi connectivity index (χ2v) is 10.2. The summed E-state index contributed by atoms with van der Waals surface area (Å²) >= 11 is 1.70. The number of ether oxygens (including phenoxy) is 1. The lowest BCUT2D eigenvalue weighted by molar-refractivity contribution is 0.237. The first-order valence-electron chi connectivity index (χ1n) is 11.8. The normalized spacial score (nSPS) is 19.8. The lowest BCUT2D eigenvalue weighted by Gasteiger charge is -2.35. The van der Waals surface area contributed by atoms with E-state index in [1.54, 1.807) is 17.8 Å². The molecule has 3 aromatic carbocycles. The zero-order valence-electron chi connectivity index (χ0n) is 19.2. The molecule has 0 saturated carbocycles. The maximum absolute atomic E-state index is 14.8. The summed E-state index contributed by atoms with van der Waals surface area (Å²) in [4.78, 5) is 3.44. The van der Waals surface area contributed by atoms with Crippen molar-refractivity contribution in [3.63, 3.8) is 0 Å². The van der Waals surface area contributed by atoms with Crippen molar-refractivity contribution in [2.45, 2.75) is 29.6 Å². The van der Waals surface area contributed by atoms with Gasteiger partial charge in [-0.3, -0.25) is 0 Å². The Kier molecular flexibility index (Phi) is 7.12. The Morgan fingerprint density at radius 1 is 0.861 bits per heavy atom. The number of halogens is 5. The van der Waals surface area contributed by atoms with Crippen LogP contribution in [0, 0.1) is 29.1 Å². The second kappa shape index (κ2) is 10.3. The van der Waals surface area contributed by atoms with E-state index < -0.39 is 46.5 Å². The standard InChI is InChI=1S/C27H24F5NO2S/c28-23-22(24(29)26(31)27(32)25(23)30)19-14-35-20-13-16(34)5-8-18(20)21(19)15-3-6-17(7-4-15)36-12-11-33-9-1-2-10-33/h3-8,13,19,21,34H,1-2,9-12,14H2/t19-,21+/m1/s1. The number of nitrogens with zero attached hydrogens (tertiary/aromatic N) is 1. The monoisotopic (exact) mass is 521 g/mol. The molecule has 5 rings (SSSR count). The molecule has 9 heteroatoms. The van der Waals surface area contributed by atoms with Crippen molar-refractivity contribution in [2.75, 3.05) is 32.0 Å². The fourth-order valence-corrected chi connectivity index (χ4v) is 5.99. The van der Waals surface area contributed by atoms with Gasteiger partial charge in [0.2, 0.25) is 5.82 Å². The first kappa shape index (κ1) is 24.9. The number of hydrogen-bond acceptors (Lipinski definition) is 4. The van der Waals surface area contributed by atoms with Gasteiger partial charge in [-0.05, 0) is 49.7 Å². The molecule has 0 radical (unpaired) electrons. The number of aromatic hydroxyl groups is 1. The number of hydrogen-bond donors (Lipinski definition) is 1. The number of likely N-dealkylation sites (tertiary alicyclic amines) is 1. The van der Waals surface area contributed by atoms with Crippen molar-refractivity contribution in [1.29, 1.82) is 0 Å². The number of fused-ring (bicyclic) bond motifs is 1. The summed E-state index contributed by atoms with van der Waals surface area (Å²) < 4.78 is 77.2. The number of thioether (sulfide) groups is 1. The molecule has 1 saturated heterocycles. The SMILES string of the molecule is Oc1ccc2c(c1)OC[C@@H](c1c(F)c(F)c(F)c(F)c1F)[C@H]2c1ccc(SCCN2CCCC2)cc1. The number of phenolic OH excluding ortho intramolecular Hbond substituents is 1. The molecule has 0 aliphatic carbocycles. The molecule has 190 valence electrons. The predicted molar refractivity (Wildman–Crippen MR) is 127 cm³/mol. The Bertz CT molecular complexity index is 1240. The minimum atomic E-state index is -2.19. The van der Waals surface area contributed by atoms with E-state index >= 15 is 0 Å². The van der Waals surface area contributed by atoms with Crippen LogP contribution in [0.4, 0.5) is 22.0 Å². The van der Waals surface area contributed by atoms with Crippen molar-refractivity contribution in [3.05, 3.63) is 88.2 Å². The van der Waals surface area contributed by atoms with Crippen LogP contribution in [0.1, 0.15) is 41.4 Å². The molecule has 2 heterocycles. The van der Waals surface area contributed by atoms with Crippen molar-refractivity contribution < 1.29 is 31.8 Å². The third kappa shape index (κ3) is 4.66. The predicted octanol–water partition coefficient (Wildman–Crippen LogP) is 6.58. The Morgan fingerprint density at radius 3 is 2.17 bits per heavy atom. The molecular weight excluding hydrogens is 497 g/mol. The molecule has 2 atom stereocenters. The van der Waals surface area contributed by atoms with Crippen LogP contribution in [0.15, 0.2) is 47.4 Å². The Labute approximate surface area is 209 Å². The molecule has 0 unspecified atom stereocenters. The maximum Gasteiger partial charge on any atom is 0.200 e. The van der Waals surface area contributed by atoms with Crippen molar-refractivity contribution in [3.8, 4) is 11.5 Å². The van der Waals surface area contributed by atoms with Gasteiger partial charge in [0.25, 0.3) is 0 Å². The van der Waals surface area contributed by atoms with Crippen LogP contribution in [0.2, 0.25) is 0 Å². The van der Waals surface area contributed by atoms with E-state index in [0.29, 0.717) is 16.9 Å². The number of rotatable bonds is 6. The molecule has 36 heavy (non-hydrogen) atoms. The van der Waals surface area contributed by atoms with Gasteiger partial charge in [0.15, 0.2) is 23.3 Å². The van der Waals surface area contributed by atoms with Gasteiger partial charge in [0.1, 0.15) is 11.5 Å². The summed E-state index contributed by atoms with van der Waals surface area (Å²) in [6.45, 7) is 2.91. The van der Waals surface area contributed by atoms with Crippen molar-refractivity contribution in [1.82, 2.24) is 4.90 Å². The van der Waals surface area contributed by atoms with Gasteiger partial charge in [-0.2, -0.15) is 0 Å². The highest BCUT2D eigenvalue weighted by Gasteiger charge is 2.39. The van der Waals surface area contributed by atoms with Gasteiger partial charge in [0, 0.05) is 46.2 Å². The Balaban J connectivity index is 1.49. The minimum Gasteiger partial charge on any atom is -0.508 e. The first-order valence-corrected chi connectivity index (χ1v) is 12.8. The van der Waals surface area contributed by atoms with E-state index in [0.717, 1.165) is 30.3 Å². The molecule has 2 aliphatic heterocycles. The number of phenols is 1. The molecule has 0 amide bonds. The van der Waals surface area contributed by atoms with Crippen LogP contribution in [0.3, 0.4) is 0 Å². The van der Waals surface area contributed by atoms with Gasteiger partial charge in [-0.15, -0.1) is 11.8 Å². The summed E-state index contributed by atoms with van der Waals surface area (Å²) in [5.74, 6) is -10.7. The average Bonchev–Trinajstić information content (AvgIpc) is 3.40. The van der Waals surface area contributed by atoms with E-state index in [4.69, 9.17) is 4.74 Å². The lowest BCUT2D eigenvalue weighted by Crippen LogP contribution is -2.28. The molecule has 1 fully saturated rings. The van der Waals surface area contributed by atoms with E-state index in [1.165, 1.54) is 25.0 Å². The van der Waals surface area contributed by atoms with Crippen molar-refractivity contribution in [2.24, 2.45) is 0 Å². The third-order valence-corrected chi connectivity index (χ3v) is 7.87. The topological polar surface area (TPSA) is 32.7 Å². The zero-order valence-corrected chi connectivity index (χ0v) is 20.1. The van der Waals surface area contributed by atoms with Gasteiger partial charge in [-0.25, -0.2) is 22.0 Å². The molecule has 3 nitrogen and oxygen atoms in total. The fraction of sp³-hybridized carbons (Fsp3) is 0.333. The van der Waals surface area contributed by atoms with Gasteiger partial charge < -0.3 is 14.7 Å². The summed E-state index contributed by atoms with van der Waals surface area (Å²) in [6.07, 6.45) is 2.46. The quantitative estimate of drug-likeness (QED) is 0.172. The van der Waals surface area contributed by atoms with E-state index in [2.05, 4.69) is 4.90 Å². The largest absolute Gasteiger partial charge is 0.508 e. The molecule has 0 aromatic heterocycles. The highest BCUT2D eigenvalue weighted by molar-refractivity contribution is 7.99. The zero-order chi connectivity index (χ0) is 25.4. The smallest absolute Gasteiger partial charge is 0.200 e. The van der Waals surface area contributed by atoms with Crippen LogP contribution in [0.25, 0.3) is 0 Å². The van der Waals surface area contributed by atoms with Gasteiger partial charge in [0.05, 0.1) is 6.61 Å². The summed E-state index contributed by atoms with van der Waals surface area (Å²) in [5, 5.41) is 9.87. The van der Waals surface area contributed by atoms with Crippen LogP contribution >= 0.6 is 11.8 Å². The van der Waals surface area contributed by atoms with Crippen LogP contribution in [-0.2, 0) is 0 Å². The molecular formula is C27H24F5NO2S. The van der Waals surface area contributed by atoms with Crippen LogP contribution in [0.5, 0.6) is 11.5 Å². The third-order valence-electron chi connectivity index (χ3n) is 6.88. The lowest BCUT2D eigenvalue weighted by atomic mass is 9.75. The van der Waals surface area contributed by atoms with E-state index in [1.807, 2.05) is 24.3 Å². The fourth-order valence-electron chi connectivity index (χ4n) is 5.08. The van der Waals surface area contributed by atoms with Crippen LogP contribution in [-0.4, -0.2) is 42.0 Å². The van der Waals surface area contributed by atoms with E-state index in [9.17, 15) is 27.1 Å². The molecule has 2 aliphatic rings. The summed E-state index contributed by atoms with van der Waals surface area (Å²) in [7, 11) is 0. The number of benzene rings is 3. The van der Waals surface area contributed by atoms with Gasteiger partial charge in [-0.1, -0.05) is 18.2 Å². The average molecular weight is 522 g/mol. The van der Waals surface area contributed by atoms with Gasteiger partial charge >= 0.3 is 0 Å². The first-order chi connectivity index (χ1) is 17.3. The second-order valence-electron chi connectivity index (χ2n) is 9.07.